The molecule has 1 aromatic carbocycles. The molecule has 0 spiro atoms. The highest BCUT2D eigenvalue weighted by Crippen LogP contribution is 2.11. The minimum absolute atomic E-state index is 0.754. The molecule has 5 heteroatoms. The fourth-order valence-corrected chi connectivity index (χ4v) is 2.47. The van der Waals surface area contributed by atoms with Gasteiger partial charge < -0.3 is 20.1 Å². The molecule has 0 amide bonds. The molecule has 0 saturated heterocycles. The second-order valence-electron chi connectivity index (χ2n) is 5.46. The third-order valence-corrected chi connectivity index (χ3v) is 3.88. The molecule has 2 rings (SSSR count). The number of hydrogen-bond acceptors (Lipinski definition) is 3. The first kappa shape index (κ1) is 17.3. The lowest BCUT2D eigenvalue weighted by molar-refractivity contribution is 0.153. The van der Waals surface area contributed by atoms with Crippen LogP contribution in [0.3, 0.4) is 0 Å². The fraction of sp³-hybridized carbons (Fsp3) is 0.500. The van der Waals surface area contributed by atoms with Crippen molar-refractivity contribution < 1.29 is 9.47 Å². The van der Waals surface area contributed by atoms with Crippen LogP contribution in [0.25, 0.3) is 0 Å². The van der Waals surface area contributed by atoms with Gasteiger partial charge in [0, 0.05) is 20.1 Å². The normalized spacial score (nSPS) is 15.0. The summed E-state index contributed by atoms with van der Waals surface area (Å²) in [5.41, 5.74) is 2.75. The maximum absolute atomic E-state index is 5.32. The van der Waals surface area contributed by atoms with E-state index in [2.05, 4.69) is 33.8 Å². The topological polar surface area (TPSA) is 54.9 Å². The summed E-state index contributed by atoms with van der Waals surface area (Å²) < 4.78 is 10.5. The molecule has 0 saturated carbocycles. The van der Waals surface area contributed by atoms with Gasteiger partial charge in [-0.25, -0.2) is 0 Å². The van der Waals surface area contributed by atoms with Crippen molar-refractivity contribution in [2.45, 2.75) is 19.3 Å². The molecule has 0 aliphatic carbocycles. The van der Waals surface area contributed by atoms with E-state index in [1.54, 1.807) is 14.2 Å². The molecule has 1 aromatic rings. The summed E-state index contributed by atoms with van der Waals surface area (Å²) in [4.78, 5) is 4.26. The number of guanidine groups is 1. The molecule has 126 valence electrons. The van der Waals surface area contributed by atoms with Gasteiger partial charge in [-0.3, -0.25) is 4.99 Å². The highest BCUT2D eigenvalue weighted by molar-refractivity contribution is 5.79. The molecule has 0 fully saturated rings. The van der Waals surface area contributed by atoms with E-state index < -0.39 is 0 Å². The largest absolute Gasteiger partial charge is 0.497 e. The number of benzene rings is 1. The Morgan fingerprint density at radius 1 is 1.17 bits per heavy atom. The quantitative estimate of drug-likeness (QED) is 0.460. The standard InChI is InChI=1S/C18H27N3O2/c1-19-18(21-12-8-16-9-13-23-14-10-16)20-11-7-15-3-5-17(22-2)6-4-15/h3-6,9H,7-8,10-14H2,1-2H3,(H2,19,20,21). The Bertz CT molecular complexity index is 524. The maximum atomic E-state index is 5.32. The molecular weight excluding hydrogens is 290 g/mol. The minimum Gasteiger partial charge on any atom is -0.497 e. The van der Waals surface area contributed by atoms with Crippen molar-refractivity contribution in [1.82, 2.24) is 10.6 Å². The molecule has 0 aromatic heterocycles. The van der Waals surface area contributed by atoms with Crippen LogP contribution in [0, 0.1) is 0 Å². The first-order valence-electron chi connectivity index (χ1n) is 8.15. The molecule has 0 unspecified atom stereocenters. The molecular formula is C18H27N3O2. The second kappa shape index (κ2) is 9.90. The molecule has 23 heavy (non-hydrogen) atoms. The number of nitrogens with zero attached hydrogens (tertiary/aromatic N) is 1. The van der Waals surface area contributed by atoms with Crippen molar-refractivity contribution in [3.05, 3.63) is 41.5 Å². The van der Waals surface area contributed by atoms with Crippen molar-refractivity contribution >= 4 is 5.96 Å². The Kier molecular flexibility index (Phi) is 7.46. The van der Waals surface area contributed by atoms with Gasteiger partial charge in [0.25, 0.3) is 0 Å². The van der Waals surface area contributed by atoms with Crippen molar-refractivity contribution in [2.24, 2.45) is 4.99 Å². The zero-order chi connectivity index (χ0) is 16.3. The first-order valence-corrected chi connectivity index (χ1v) is 8.15. The van der Waals surface area contributed by atoms with Crippen molar-refractivity contribution in [1.29, 1.82) is 0 Å². The molecule has 5 nitrogen and oxygen atoms in total. The first-order chi connectivity index (χ1) is 11.3. The fourth-order valence-electron chi connectivity index (χ4n) is 2.47. The van der Waals surface area contributed by atoms with Gasteiger partial charge in [-0.1, -0.05) is 23.8 Å². The van der Waals surface area contributed by atoms with Crippen LogP contribution in [0.1, 0.15) is 18.4 Å². The van der Waals surface area contributed by atoms with Gasteiger partial charge >= 0.3 is 0 Å². The van der Waals surface area contributed by atoms with Gasteiger partial charge in [0.05, 0.1) is 20.3 Å². The number of aliphatic imine (C=N–C) groups is 1. The zero-order valence-electron chi connectivity index (χ0n) is 14.1. The molecule has 1 heterocycles. The Labute approximate surface area is 138 Å². The lowest BCUT2D eigenvalue weighted by Gasteiger charge is -2.15. The highest BCUT2D eigenvalue weighted by atomic mass is 16.5. The van der Waals surface area contributed by atoms with Crippen molar-refractivity contribution in [3.63, 3.8) is 0 Å². The van der Waals surface area contributed by atoms with E-state index in [4.69, 9.17) is 9.47 Å². The SMILES string of the molecule is CN=C(NCCC1=CCOCC1)NCCc1ccc(OC)cc1. The number of rotatable bonds is 7. The number of hydrogen-bond donors (Lipinski definition) is 2. The monoisotopic (exact) mass is 317 g/mol. The summed E-state index contributed by atoms with van der Waals surface area (Å²) in [6, 6.07) is 8.16. The van der Waals surface area contributed by atoms with E-state index in [1.807, 2.05) is 12.1 Å². The Morgan fingerprint density at radius 2 is 1.91 bits per heavy atom. The van der Waals surface area contributed by atoms with Crippen LogP contribution >= 0.6 is 0 Å². The molecule has 1 aliphatic heterocycles. The Morgan fingerprint density at radius 3 is 2.52 bits per heavy atom. The molecule has 0 atom stereocenters. The summed E-state index contributed by atoms with van der Waals surface area (Å²) in [6.07, 6.45) is 5.23. The van der Waals surface area contributed by atoms with E-state index >= 15 is 0 Å². The zero-order valence-corrected chi connectivity index (χ0v) is 14.1. The summed E-state index contributed by atoms with van der Waals surface area (Å²) >= 11 is 0. The number of ether oxygens (including phenoxy) is 2. The molecule has 0 bridgehead atoms. The van der Waals surface area contributed by atoms with Gasteiger partial charge in [0.15, 0.2) is 5.96 Å². The van der Waals surface area contributed by atoms with Gasteiger partial charge in [-0.05, 0) is 37.0 Å². The van der Waals surface area contributed by atoms with Crippen molar-refractivity contribution in [2.75, 3.05) is 40.5 Å². The summed E-state index contributed by atoms with van der Waals surface area (Å²) in [5.74, 6) is 1.74. The van der Waals surface area contributed by atoms with E-state index in [9.17, 15) is 0 Å². The predicted octanol–water partition coefficient (Wildman–Crippen LogP) is 2.14. The smallest absolute Gasteiger partial charge is 0.190 e. The van der Waals surface area contributed by atoms with E-state index in [0.717, 1.165) is 57.3 Å². The summed E-state index contributed by atoms with van der Waals surface area (Å²) in [5, 5.41) is 6.71. The van der Waals surface area contributed by atoms with E-state index in [1.165, 1.54) is 11.1 Å². The minimum atomic E-state index is 0.754. The van der Waals surface area contributed by atoms with Crippen molar-refractivity contribution in [3.8, 4) is 5.75 Å². The number of methoxy groups -OCH3 is 1. The molecule has 0 radical (unpaired) electrons. The van der Waals surface area contributed by atoms with Gasteiger partial charge in [-0.15, -0.1) is 0 Å². The maximum Gasteiger partial charge on any atom is 0.190 e. The highest BCUT2D eigenvalue weighted by Gasteiger charge is 2.04. The molecule has 2 N–H and O–H groups in total. The third-order valence-electron chi connectivity index (χ3n) is 3.88. The van der Waals surface area contributed by atoms with Crippen LogP contribution in [0.5, 0.6) is 5.75 Å². The van der Waals surface area contributed by atoms with Gasteiger partial charge in [0.2, 0.25) is 0 Å². The Balaban J connectivity index is 1.65. The third kappa shape index (κ3) is 6.32. The second-order valence-corrected chi connectivity index (χ2v) is 5.46. The lowest BCUT2D eigenvalue weighted by atomic mass is 10.1. The van der Waals surface area contributed by atoms with E-state index in [-0.39, 0.29) is 0 Å². The van der Waals surface area contributed by atoms with Crippen LogP contribution in [0.15, 0.2) is 40.9 Å². The lowest BCUT2D eigenvalue weighted by Crippen LogP contribution is -2.38. The summed E-state index contributed by atoms with van der Waals surface area (Å²) in [6.45, 7) is 3.35. The number of nitrogens with one attached hydrogen (secondary N) is 2. The predicted molar refractivity (Wildman–Crippen MR) is 94.2 cm³/mol. The average Bonchev–Trinajstić information content (AvgIpc) is 2.62. The van der Waals surface area contributed by atoms with Crippen LogP contribution in [0.2, 0.25) is 0 Å². The molecule has 1 aliphatic rings. The van der Waals surface area contributed by atoms with Gasteiger partial charge in [-0.2, -0.15) is 0 Å². The average molecular weight is 317 g/mol. The van der Waals surface area contributed by atoms with Crippen LogP contribution in [0.4, 0.5) is 0 Å². The van der Waals surface area contributed by atoms with Crippen LogP contribution < -0.4 is 15.4 Å². The van der Waals surface area contributed by atoms with Gasteiger partial charge in [0.1, 0.15) is 5.75 Å². The van der Waals surface area contributed by atoms with Crippen LogP contribution in [-0.2, 0) is 11.2 Å². The van der Waals surface area contributed by atoms with E-state index in [0.29, 0.717) is 0 Å². The van der Waals surface area contributed by atoms with Crippen LogP contribution in [-0.4, -0.2) is 46.4 Å². The Hall–Kier alpha value is -2.01. The summed E-state index contributed by atoms with van der Waals surface area (Å²) in [7, 11) is 3.49.